The van der Waals surface area contributed by atoms with E-state index in [0.29, 0.717) is 41.0 Å². The molecule has 154 valence electrons. The zero-order valence-corrected chi connectivity index (χ0v) is 17.4. The third-order valence-corrected chi connectivity index (χ3v) is 5.31. The van der Waals surface area contributed by atoms with E-state index in [0.717, 1.165) is 19.6 Å². The lowest BCUT2D eigenvalue weighted by Crippen LogP contribution is -2.44. The number of hydrogen-bond acceptors (Lipinski definition) is 5. The van der Waals surface area contributed by atoms with Crippen LogP contribution in [0.15, 0.2) is 36.4 Å². The molecule has 2 aliphatic heterocycles. The van der Waals surface area contributed by atoms with Gasteiger partial charge in [0.15, 0.2) is 11.5 Å². The minimum Gasteiger partial charge on any atom is -0.486 e. The van der Waals surface area contributed by atoms with Crippen LogP contribution < -0.4 is 14.8 Å². The van der Waals surface area contributed by atoms with Crippen molar-refractivity contribution >= 4 is 23.2 Å². The quantitative estimate of drug-likeness (QED) is 0.817. The number of halogens is 1. The summed E-state index contributed by atoms with van der Waals surface area (Å²) in [5.41, 5.74) is 2.24. The first-order chi connectivity index (χ1) is 14.0. The molecule has 6 nitrogen and oxygen atoms in total. The number of hydrogen-bond donors (Lipinski definition) is 1. The molecule has 2 aromatic carbocycles. The normalized spacial score (nSPS) is 21.6. The zero-order chi connectivity index (χ0) is 20.4. The summed E-state index contributed by atoms with van der Waals surface area (Å²) in [6.07, 6.45) is 0.471. The second-order valence-corrected chi connectivity index (χ2v) is 7.99. The molecule has 29 heavy (non-hydrogen) atoms. The van der Waals surface area contributed by atoms with Crippen LogP contribution in [0.5, 0.6) is 11.5 Å². The lowest BCUT2D eigenvalue weighted by atomic mass is 10.1. The van der Waals surface area contributed by atoms with Gasteiger partial charge in [-0.3, -0.25) is 9.69 Å². The van der Waals surface area contributed by atoms with Crippen molar-refractivity contribution in [2.45, 2.75) is 32.6 Å². The molecule has 0 unspecified atom stereocenters. The van der Waals surface area contributed by atoms with Gasteiger partial charge in [0.05, 0.1) is 22.9 Å². The molecule has 0 spiro atoms. The summed E-state index contributed by atoms with van der Waals surface area (Å²) in [6, 6.07) is 11.0. The summed E-state index contributed by atoms with van der Waals surface area (Å²) in [5.74, 6) is 0.958. The number of carbonyl (C=O) groups is 1. The predicted molar refractivity (Wildman–Crippen MR) is 112 cm³/mol. The Hall–Kier alpha value is -2.28. The summed E-state index contributed by atoms with van der Waals surface area (Å²) in [5, 5.41) is 3.27. The number of morpholine rings is 1. The van der Waals surface area contributed by atoms with E-state index in [2.05, 4.69) is 24.1 Å². The molecule has 0 radical (unpaired) electrons. The fraction of sp³-hybridized carbons (Fsp3) is 0.409. The van der Waals surface area contributed by atoms with Crippen LogP contribution in [0.2, 0.25) is 5.02 Å². The van der Waals surface area contributed by atoms with Gasteiger partial charge in [-0.05, 0) is 31.5 Å². The number of carbonyl (C=O) groups excluding carboxylic acids is 1. The molecule has 1 fully saturated rings. The molecule has 0 aromatic heterocycles. The van der Waals surface area contributed by atoms with Gasteiger partial charge in [0.1, 0.15) is 13.2 Å². The van der Waals surface area contributed by atoms with Crippen LogP contribution in [0.1, 0.15) is 29.8 Å². The molecular formula is C22H25ClN2O4. The number of amides is 1. The van der Waals surface area contributed by atoms with Gasteiger partial charge in [-0.1, -0.05) is 23.7 Å². The molecule has 2 atom stereocenters. The summed E-state index contributed by atoms with van der Waals surface area (Å²) in [6.45, 7) is 7.82. The highest BCUT2D eigenvalue weighted by molar-refractivity contribution is 6.34. The van der Waals surface area contributed by atoms with E-state index in [9.17, 15) is 4.79 Å². The first-order valence-electron chi connectivity index (χ1n) is 9.85. The minimum absolute atomic E-state index is 0.219. The monoisotopic (exact) mass is 416 g/mol. The Bertz CT molecular complexity index is 877. The molecule has 4 rings (SSSR count). The van der Waals surface area contributed by atoms with Gasteiger partial charge in [-0.2, -0.15) is 0 Å². The molecule has 2 aromatic rings. The average Bonchev–Trinajstić information content (AvgIpc) is 2.68. The topological polar surface area (TPSA) is 60.0 Å². The minimum atomic E-state index is -0.219. The Kier molecular flexibility index (Phi) is 5.94. The van der Waals surface area contributed by atoms with Crippen LogP contribution in [0.25, 0.3) is 0 Å². The number of fused-ring (bicyclic) bond motifs is 1. The van der Waals surface area contributed by atoms with Crippen molar-refractivity contribution in [1.29, 1.82) is 0 Å². The number of anilines is 1. The van der Waals surface area contributed by atoms with Crippen molar-refractivity contribution in [2.24, 2.45) is 0 Å². The number of ether oxygens (including phenoxy) is 3. The van der Waals surface area contributed by atoms with Crippen LogP contribution in [0.4, 0.5) is 5.69 Å². The summed E-state index contributed by atoms with van der Waals surface area (Å²) in [7, 11) is 0. The Balaban J connectivity index is 1.41. The van der Waals surface area contributed by atoms with Crippen molar-refractivity contribution in [3.8, 4) is 11.5 Å². The Morgan fingerprint density at radius 1 is 1.07 bits per heavy atom. The Labute approximate surface area is 175 Å². The molecule has 0 aliphatic carbocycles. The van der Waals surface area contributed by atoms with Crippen LogP contribution in [-0.2, 0) is 11.3 Å². The van der Waals surface area contributed by atoms with E-state index in [1.807, 2.05) is 24.3 Å². The first-order valence-corrected chi connectivity index (χ1v) is 10.2. The summed E-state index contributed by atoms with van der Waals surface area (Å²) >= 11 is 6.28. The first kappa shape index (κ1) is 20.0. The number of benzene rings is 2. The van der Waals surface area contributed by atoms with Gasteiger partial charge in [-0.25, -0.2) is 0 Å². The largest absolute Gasteiger partial charge is 0.486 e. The molecule has 2 aliphatic rings. The van der Waals surface area contributed by atoms with Crippen LogP contribution in [0.3, 0.4) is 0 Å². The third kappa shape index (κ3) is 4.83. The smallest absolute Gasteiger partial charge is 0.255 e. The molecule has 1 N–H and O–H groups in total. The highest BCUT2D eigenvalue weighted by atomic mass is 35.5. The van der Waals surface area contributed by atoms with Crippen LogP contribution in [-0.4, -0.2) is 49.3 Å². The van der Waals surface area contributed by atoms with Crippen molar-refractivity contribution in [2.75, 3.05) is 31.6 Å². The second-order valence-electron chi connectivity index (χ2n) is 7.58. The van der Waals surface area contributed by atoms with E-state index in [1.54, 1.807) is 12.1 Å². The summed E-state index contributed by atoms with van der Waals surface area (Å²) < 4.78 is 16.8. The number of nitrogens with zero attached hydrogens (tertiary/aromatic N) is 1. The van der Waals surface area contributed by atoms with Gasteiger partial charge >= 0.3 is 0 Å². The van der Waals surface area contributed by atoms with Crippen molar-refractivity contribution in [1.82, 2.24) is 4.90 Å². The van der Waals surface area contributed by atoms with E-state index in [1.165, 1.54) is 5.56 Å². The van der Waals surface area contributed by atoms with Gasteiger partial charge in [0, 0.05) is 37.3 Å². The maximum Gasteiger partial charge on any atom is 0.255 e. The second kappa shape index (κ2) is 8.61. The maximum absolute atomic E-state index is 12.7. The summed E-state index contributed by atoms with van der Waals surface area (Å²) in [4.78, 5) is 15.0. The van der Waals surface area contributed by atoms with Crippen molar-refractivity contribution in [3.63, 3.8) is 0 Å². The average molecular weight is 417 g/mol. The molecule has 0 saturated carbocycles. The van der Waals surface area contributed by atoms with Crippen LogP contribution in [0, 0.1) is 0 Å². The fourth-order valence-corrected chi connectivity index (χ4v) is 3.99. The maximum atomic E-state index is 12.7. The molecule has 1 saturated heterocycles. The fourth-order valence-electron chi connectivity index (χ4n) is 3.79. The van der Waals surface area contributed by atoms with E-state index < -0.39 is 0 Å². The SMILES string of the molecule is C[C@@H]1CN(Cc2ccc(C(=O)Nc3cc4c(cc3Cl)OCCO4)cc2)C[C@H](C)O1. The molecule has 2 heterocycles. The van der Waals surface area contributed by atoms with Gasteiger partial charge < -0.3 is 19.5 Å². The van der Waals surface area contributed by atoms with Gasteiger partial charge in [0.25, 0.3) is 5.91 Å². The van der Waals surface area contributed by atoms with Gasteiger partial charge in [-0.15, -0.1) is 0 Å². The highest BCUT2D eigenvalue weighted by Crippen LogP contribution is 2.38. The highest BCUT2D eigenvalue weighted by Gasteiger charge is 2.22. The standard InChI is InChI=1S/C22H25ClN2O4/c1-14-11-25(12-15(2)29-14)13-16-3-5-17(6-4-16)22(26)24-19-10-21-20(9-18(19)23)27-7-8-28-21/h3-6,9-10,14-15H,7-8,11-13H2,1-2H3,(H,24,26)/t14-,15+. The van der Waals surface area contributed by atoms with E-state index in [4.69, 9.17) is 25.8 Å². The lowest BCUT2D eigenvalue weighted by Gasteiger charge is -2.35. The van der Waals surface area contributed by atoms with E-state index in [-0.39, 0.29) is 18.1 Å². The number of nitrogens with one attached hydrogen (secondary N) is 1. The molecule has 1 amide bonds. The van der Waals surface area contributed by atoms with E-state index >= 15 is 0 Å². The van der Waals surface area contributed by atoms with Crippen molar-refractivity contribution in [3.05, 3.63) is 52.5 Å². The molecule has 7 heteroatoms. The zero-order valence-electron chi connectivity index (χ0n) is 16.6. The lowest BCUT2D eigenvalue weighted by molar-refractivity contribution is -0.0704. The van der Waals surface area contributed by atoms with Crippen LogP contribution >= 0.6 is 11.6 Å². The van der Waals surface area contributed by atoms with Gasteiger partial charge in [0.2, 0.25) is 0 Å². The number of rotatable bonds is 4. The Morgan fingerprint density at radius 3 is 2.34 bits per heavy atom. The van der Waals surface area contributed by atoms with Crippen molar-refractivity contribution < 1.29 is 19.0 Å². The third-order valence-electron chi connectivity index (χ3n) is 5.00. The molecular weight excluding hydrogens is 392 g/mol. The Morgan fingerprint density at radius 2 is 1.69 bits per heavy atom. The predicted octanol–water partition coefficient (Wildman–Crippen LogP) is 3.97. The molecule has 0 bridgehead atoms.